The highest BCUT2D eigenvalue weighted by atomic mass is 35.5. The molecule has 0 aromatic heterocycles. The van der Waals surface area contributed by atoms with Crippen molar-refractivity contribution in [3.8, 4) is 0 Å². The van der Waals surface area contributed by atoms with Crippen molar-refractivity contribution in [3.05, 3.63) is 23.3 Å². The number of amides is 2. The third-order valence-electron chi connectivity index (χ3n) is 4.12. The summed E-state index contributed by atoms with van der Waals surface area (Å²) in [7, 11) is 0. The Morgan fingerprint density at radius 2 is 1.88 bits per heavy atom. The average molecular weight is 252 g/mol. The minimum atomic E-state index is -0.0958. The summed E-state index contributed by atoms with van der Waals surface area (Å²) in [5.41, 5.74) is 0. The van der Waals surface area contributed by atoms with Crippen LogP contribution in [0.15, 0.2) is 23.3 Å². The summed E-state index contributed by atoms with van der Waals surface area (Å²) in [4.78, 5) is 25.8. The lowest BCUT2D eigenvalue weighted by Gasteiger charge is -2.14. The molecule has 0 aromatic carbocycles. The first-order valence-electron chi connectivity index (χ1n) is 5.95. The molecule has 2 bridgehead atoms. The lowest BCUT2D eigenvalue weighted by Crippen LogP contribution is -2.33. The summed E-state index contributed by atoms with van der Waals surface area (Å²) in [6.07, 6.45) is 6.89. The van der Waals surface area contributed by atoms with Gasteiger partial charge < -0.3 is 0 Å². The Kier molecular flexibility index (Phi) is 2.40. The van der Waals surface area contributed by atoms with E-state index in [-0.39, 0.29) is 35.5 Å². The first-order valence-corrected chi connectivity index (χ1v) is 6.33. The monoisotopic (exact) mass is 251 g/mol. The quantitative estimate of drug-likeness (QED) is 0.556. The molecule has 2 fully saturated rings. The van der Waals surface area contributed by atoms with Crippen LogP contribution in [0.1, 0.15) is 13.3 Å². The number of halogens is 1. The van der Waals surface area contributed by atoms with Crippen LogP contribution in [-0.4, -0.2) is 23.3 Å². The van der Waals surface area contributed by atoms with E-state index in [9.17, 15) is 9.59 Å². The fraction of sp³-hybridized carbons (Fsp3) is 0.538. The molecule has 4 heteroatoms. The molecule has 0 N–H and O–H groups in total. The Hall–Kier alpha value is -1.09. The van der Waals surface area contributed by atoms with Crippen molar-refractivity contribution in [1.82, 2.24) is 4.90 Å². The van der Waals surface area contributed by atoms with Gasteiger partial charge in [-0.1, -0.05) is 29.8 Å². The highest BCUT2D eigenvalue weighted by Crippen LogP contribution is 2.52. The van der Waals surface area contributed by atoms with Crippen LogP contribution in [-0.2, 0) is 9.59 Å². The van der Waals surface area contributed by atoms with E-state index in [1.807, 2.05) is 0 Å². The maximum atomic E-state index is 12.2. The molecule has 2 amide bonds. The fourth-order valence-corrected chi connectivity index (χ4v) is 3.43. The Morgan fingerprint density at radius 3 is 2.35 bits per heavy atom. The molecule has 1 saturated heterocycles. The van der Waals surface area contributed by atoms with Gasteiger partial charge in [-0.2, -0.15) is 0 Å². The van der Waals surface area contributed by atoms with Crippen LogP contribution in [0.5, 0.6) is 0 Å². The number of hydrogen-bond donors (Lipinski definition) is 0. The molecular weight excluding hydrogens is 238 g/mol. The SMILES string of the molecule is C/C(Cl)=C/CN1C(=O)[C@@H]2[C@@H](C1=O)[C@H]1C=C[C@H]2C1. The zero-order valence-electron chi connectivity index (χ0n) is 9.60. The normalized spacial score (nSPS) is 39.4. The van der Waals surface area contributed by atoms with Crippen molar-refractivity contribution in [2.24, 2.45) is 23.7 Å². The van der Waals surface area contributed by atoms with Gasteiger partial charge in [0.25, 0.3) is 0 Å². The van der Waals surface area contributed by atoms with Crippen molar-refractivity contribution < 1.29 is 9.59 Å². The van der Waals surface area contributed by atoms with E-state index in [1.165, 1.54) is 4.90 Å². The second-order valence-corrected chi connectivity index (χ2v) is 5.67. The lowest BCUT2D eigenvalue weighted by molar-refractivity contribution is -0.140. The molecule has 17 heavy (non-hydrogen) atoms. The molecule has 0 aromatic rings. The van der Waals surface area contributed by atoms with E-state index < -0.39 is 0 Å². The number of rotatable bonds is 2. The van der Waals surface area contributed by atoms with Gasteiger partial charge in [0.15, 0.2) is 0 Å². The van der Waals surface area contributed by atoms with Gasteiger partial charge in [-0.15, -0.1) is 0 Å². The van der Waals surface area contributed by atoms with Gasteiger partial charge >= 0.3 is 0 Å². The molecule has 1 aliphatic heterocycles. The van der Waals surface area contributed by atoms with Gasteiger partial charge in [-0.25, -0.2) is 0 Å². The van der Waals surface area contributed by atoms with E-state index in [4.69, 9.17) is 11.6 Å². The highest BCUT2D eigenvalue weighted by Gasteiger charge is 2.58. The van der Waals surface area contributed by atoms with E-state index in [0.29, 0.717) is 11.6 Å². The molecule has 3 nitrogen and oxygen atoms in total. The molecule has 1 heterocycles. The van der Waals surface area contributed by atoms with Crippen LogP contribution in [0.25, 0.3) is 0 Å². The topological polar surface area (TPSA) is 37.4 Å². The Labute approximate surface area is 105 Å². The molecule has 3 rings (SSSR count). The van der Waals surface area contributed by atoms with Gasteiger partial charge in [0, 0.05) is 11.6 Å². The Morgan fingerprint density at radius 1 is 1.35 bits per heavy atom. The average Bonchev–Trinajstić information content (AvgIpc) is 2.92. The third kappa shape index (κ3) is 1.48. The zero-order valence-corrected chi connectivity index (χ0v) is 10.4. The van der Waals surface area contributed by atoms with Crippen LogP contribution < -0.4 is 0 Å². The summed E-state index contributed by atoms with van der Waals surface area (Å²) < 4.78 is 0. The van der Waals surface area contributed by atoms with Crippen molar-refractivity contribution in [1.29, 1.82) is 0 Å². The van der Waals surface area contributed by atoms with Crippen molar-refractivity contribution in [3.63, 3.8) is 0 Å². The van der Waals surface area contributed by atoms with Crippen LogP contribution in [0, 0.1) is 23.7 Å². The highest BCUT2D eigenvalue weighted by molar-refractivity contribution is 6.29. The number of imide groups is 1. The summed E-state index contributed by atoms with van der Waals surface area (Å²) in [6.45, 7) is 2.07. The van der Waals surface area contributed by atoms with Crippen LogP contribution in [0.4, 0.5) is 0 Å². The number of allylic oxidation sites excluding steroid dienone is 3. The Bertz CT molecular complexity index is 420. The zero-order chi connectivity index (χ0) is 12.2. The lowest BCUT2D eigenvalue weighted by atomic mass is 9.85. The van der Waals surface area contributed by atoms with E-state index in [2.05, 4.69) is 12.2 Å². The van der Waals surface area contributed by atoms with Crippen molar-refractivity contribution in [2.45, 2.75) is 13.3 Å². The van der Waals surface area contributed by atoms with E-state index in [1.54, 1.807) is 13.0 Å². The number of nitrogens with zero attached hydrogens (tertiary/aromatic N) is 1. The minimum Gasteiger partial charge on any atom is -0.278 e. The maximum absolute atomic E-state index is 12.2. The predicted molar refractivity (Wildman–Crippen MR) is 64.0 cm³/mol. The molecule has 0 spiro atoms. The number of likely N-dealkylation sites (tertiary alicyclic amines) is 1. The van der Waals surface area contributed by atoms with Crippen LogP contribution in [0.3, 0.4) is 0 Å². The molecule has 1 saturated carbocycles. The first-order chi connectivity index (χ1) is 8.09. The molecule has 2 aliphatic carbocycles. The summed E-state index contributed by atoms with van der Waals surface area (Å²) in [6, 6.07) is 0. The number of fused-ring (bicyclic) bond motifs is 5. The van der Waals surface area contributed by atoms with E-state index >= 15 is 0 Å². The summed E-state index contributed by atoms with van der Waals surface area (Å²) in [5.74, 6) is 0.361. The number of hydrogen-bond acceptors (Lipinski definition) is 2. The smallest absolute Gasteiger partial charge is 0.234 e. The van der Waals surface area contributed by atoms with Crippen molar-refractivity contribution >= 4 is 23.4 Å². The maximum Gasteiger partial charge on any atom is 0.234 e. The van der Waals surface area contributed by atoms with Gasteiger partial charge in [0.05, 0.1) is 11.8 Å². The number of carbonyl (C=O) groups excluding carboxylic acids is 2. The first kappa shape index (κ1) is 11.0. The molecular formula is C13H14ClNO2. The molecule has 90 valence electrons. The minimum absolute atomic E-state index is 0.00832. The van der Waals surface area contributed by atoms with Gasteiger partial charge in [-0.05, 0) is 25.2 Å². The Balaban J connectivity index is 1.85. The van der Waals surface area contributed by atoms with Crippen LogP contribution in [0.2, 0.25) is 0 Å². The largest absolute Gasteiger partial charge is 0.278 e. The van der Waals surface area contributed by atoms with Crippen molar-refractivity contribution in [2.75, 3.05) is 6.54 Å². The molecule has 3 aliphatic rings. The second kappa shape index (κ2) is 3.70. The second-order valence-electron chi connectivity index (χ2n) is 5.08. The summed E-state index contributed by atoms with van der Waals surface area (Å²) >= 11 is 5.74. The fourth-order valence-electron chi connectivity index (χ4n) is 3.36. The van der Waals surface area contributed by atoms with Gasteiger partial charge in [-0.3, -0.25) is 14.5 Å². The number of carbonyl (C=O) groups is 2. The van der Waals surface area contributed by atoms with E-state index in [0.717, 1.165) is 6.42 Å². The molecule has 4 atom stereocenters. The third-order valence-corrected chi connectivity index (χ3v) is 4.27. The van der Waals surface area contributed by atoms with Gasteiger partial charge in [0.1, 0.15) is 0 Å². The van der Waals surface area contributed by atoms with Gasteiger partial charge in [0.2, 0.25) is 11.8 Å². The standard InChI is InChI=1S/C13H14ClNO2/c1-7(14)4-5-15-12(16)10-8-2-3-9(6-8)11(10)13(15)17/h2-4,8-11H,5-6H2,1H3/b7-4-/t8-,9-,10-,11-/m0/s1. The molecule has 0 radical (unpaired) electrons. The van der Waals surface area contributed by atoms with Crippen LogP contribution >= 0.6 is 11.6 Å². The predicted octanol–water partition coefficient (Wildman–Crippen LogP) is 1.94. The molecule has 0 unspecified atom stereocenters. The summed E-state index contributed by atoms with van der Waals surface area (Å²) in [5, 5.41) is 0.615.